The third-order valence-corrected chi connectivity index (χ3v) is 5.42. The lowest BCUT2D eigenvalue weighted by Gasteiger charge is -2.11. The summed E-state index contributed by atoms with van der Waals surface area (Å²) in [5.41, 5.74) is 1.25. The van der Waals surface area contributed by atoms with Gasteiger partial charge in [-0.3, -0.25) is 10.1 Å². The average Bonchev–Trinajstić information content (AvgIpc) is 2.50. The van der Waals surface area contributed by atoms with Gasteiger partial charge in [0.25, 0.3) is 5.69 Å². The Labute approximate surface area is 141 Å². The molecule has 0 saturated carbocycles. The molecule has 0 aliphatic rings. The van der Waals surface area contributed by atoms with Crippen molar-refractivity contribution in [2.24, 2.45) is 4.36 Å². The number of hydrogen-bond donors (Lipinski definition) is 0. The molecular formula is C17H20N2O4S. The SMILES string of the molecule is CCN=S(C)(=O)c1cccc(Oc2cc(C)c([N+](=O)[O-])cc2C)c1. The van der Waals surface area contributed by atoms with E-state index in [0.29, 0.717) is 34.1 Å². The Morgan fingerprint density at radius 1 is 1.21 bits per heavy atom. The van der Waals surface area contributed by atoms with Crippen LogP contribution in [-0.2, 0) is 9.73 Å². The fourth-order valence-electron chi connectivity index (χ4n) is 2.30. The molecule has 0 saturated heterocycles. The van der Waals surface area contributed by atoms with Crippen molar-refractivity contribution in [2.75, 3.05) is 12.8 Å². The van der Waals surface area contributed by atoms with Crippen LogP contribution in [0, 0.1) is 24.0 Å². The maximum absolute atomic E-state index is 12.5. The summed E-state index contributed by atoms with van der Waals surface area (Å²) in [4.78, 5) is 11.2. The van der Waals surface area contributed by atoms with Crippen molar-refractivity contribution in [3.63, 3.8) is 0 Å². The molecule has 0 heterocycles. The molecule has 2 rings (SSSR count). The molecule has 0 fully saturated rings. The average molecular weight is 348 g/mol. The van der Waals surface area contributed by atoms with E-state index in [9.17, 15) is 14.3 Å². The Morgan fingerprint density at radius 2 is 1.92 bits per heavy atom. The number of nitrogens with zero attached hydrogens (tertiary/aromatic N) is 2. The van der Waals surface area contributed by atoms with Crippen LogP contribution in [0.5, 0.6) is 11.5 Å². The fourth-order valence-corrected chi connectivity index (χ4v) is 3.61. The minimum atomic E-state index is -2.46. The Bertz CT molecular complexity index is 899. The van der Waals surface area contributed by atoms with Crippen LogP contribution in [0.1, 0.15) is 18.1 Å². The van der Waals surface area contributed by atoms with Gasteiger partial charge < -0.3 is 4.74 Å². The quantitative estimate of drug-likeness (QED) is 0.589. The summed E-state index contributed by atoms with van der Waals surface area (Å²) in [5, 5.41) is 11.0. The smallest absolute Gasteiger partial charge is 0.272 e. The van der Waals surface area contributed by atoms with E-state index in [1.807, 2.05) is 6.92 Å². The van der Waals surface area contributed by atoms with E-state index >= 15 is 0 Å². The second kappa shape index (κ2) is 7.00. The molecule has 0 bridgehead atoms. The van der Waals surface area contributed by atoms with Crippen LogP contribution in [0.25, 0.3) is 0 Å². The molecule has 1 unspecified atom stereocenters. The predicted molar refractivity (Wildman–Crippen MR) is 94.4 cm³/mol. The molecule has 0 aliphatic heterocycles. The lowest BCUT2D eigenvalue weighted by molar-refractivity contribution is -0.385. The van der Waals surface area contributed by atoms with E-state index in [4.69, 9.17) is 4.74 Å². The second-order valence-electron chi connectivity index (χ2n) is 5.49. The highest BCUT2D eigenvalue weighted by atomic mass is 32.2. The van der Waals surface area contributed by atoms with Gasteiger partial charge in [-0.05, 0) is 50.6 Å². The number of benzene rings is 2. The molecule has 128 valence electrons. The third-order valence-electron chi connectivity index (χ3n) is 3.54. The first-order valence-electron chi connectivity index (χ1n) is 7.46. The normalized spacial score (nSPS) is 13.2. The zero-order chi connectivity index (χ0) is 17.9. The van der Waals surface area contributed by atoms with Crippen LogP contribution in [0.15, 0.2) is 45.7 Å². The Balaban J connectivity index is 2.40. The van der Waals surface area contributed by atoms with Gasteiger partial charge in [0.1, 0.15) is 11.5 Å². The van der Waals surface area contributed by atoms with Crippen molar-refractivity contribution in [3.05, 3.63) is 57.6 Å². The van der Waals surface area contributed by atoms with Gasteiger partial charge in [-0.25, -0.2) is 8.57 Å². The van der Waals surface area contributed by atoms with Crippen LogP contribution in [-0.4, -0.2) is 21.9 Å². The number of hydrogen-bond acceptors (Lipinski definition) is 5. The minimum Gasteiger partial charge on any atom is -0.457 e. The molecule has 0 amide bonds. The van der Waals surface area contributed by atoms with Gasteiger partial charge in [0.2, 0.25) is 0 Å². The van der Waals surface area contributed by atoms with Crippen molar-refractivity contribution < 1.29 is 13.9 Å². The molecule has 0 aliphatic carbocycles. The highest BCUT2D eigenvalue weighted by Gasteiger charge is 2.15. The van der Waals surface area contributed by atoms with Gasteiger partial charge in [-0.1, -0.05) is 6.07 Å². The summed E-state index contributed by atoms with van der Waals surface area (Å²) in [6.07, 6.45) is 1.59. The highest BCUT2D eigenvalue weighted by Crippen LogP contribution is 2.32. The number of aryl methyl sites for hydroxylation is 2. The first-order valence-corrected chi connectivity index (χ1v) is 9.38. The van der Waals surface area contributed by atoms with E-state index in [1.165, 1.54) is 6.07 Å². The summed E-state index contributed by atoms with van der Waals surface area (Å²) < 4.78 is 22.5. The molecule has 24 heavy (non-hydrogen) atoms. The topological polar surface area (TPSA) is 81.8 Å². The van der Waals surface area contributed by atoms with Crippen molar-refractivity contribution in [1.29, 1.82) is 0 Å². The minimum absolute atomic E-state index is 0.0620. The maximum Gasteiger partial charge on any atom is 0.272 e. The zero-order valence-electron chi connectivity index (χ0n) is 14.1. The van der Waals surface area contributed by atoms with E-state index in [-0.39, 0.29) is 5.69 Å². The molecule has 0 N–H and O–H groups in total. The molecule has 1 atom stereocenters. The van der Waals surface area contributed by atoms with Crippen molar-refractivity contribution in [1.82, 2.24) is 0 Å². The summed E-state index contributed by atoms with van der Waals surface area (Å²) in [6.45, 7) is 5.73. The Morgan fingerprint density at radius 3 is 2.54 bits per heavy atom. The zero-order valence-corrected chi connectivity index (χ0v) is 14.9. The fraction of sp³-hybridized carbons (Fsp3) is 0.294. The third kappa shape index (κ3) is 3.91. The molecule has 2 aromatic rings. The van der Waals surface area contributed by atoms with E-state index in [0.717, 1.165) is 0 Å². The molecule has 0 spiro atoms. The van der Waals surface area contributed by atoms with Crippen molar-refractivity contribution in [3.8, 4) is 11.5 Å². The second-order valence-corrected chi connectivity index (χ2v) is 7.82. The molecule has 7 heteroatoms. The number of rotatable bonds is 5. The van der Waals surface area contributed by atoms with Gasteiger partial charge in [-0.2, -0.15) is 0 Å². The molecule has 6 nitrogen and oxygen atoms in total. The highest BCUT2D eigenvalue weighted by molar-refractivity contribution is 7.93. The van der Waals surface area contributed by atoms with E-state index in [2.05, 4.69) is 4.36 Å². The first-order chi connectivity index (χ1) is 11.2. The van der Waals surface area contributed by atoms with Gasteiger partial charge in [0.15, 0.2) is 0 Å². The summed E-state index contributed by atoms with van der Waals surface area (Å²) >= 11 is 0. The van der Waals surface area contributed by atoms with Gasteiger partial charge >= 0.3 is 0 Å². The summed E-state index contributed by atoms with van der Waals surface area (Å²) in [5.74, 6) is 1.05. The molecule has 2 aromatic carbocycles. The van der Waals surface area contributed by atoms with Crippen LogP contribution in [0.3, 0.4) is 0 Å². The summed E-state index contributed by atoms with van der Waals surface area (Å²) in [6, 6.07) is 10.1. The van der Waals surface area contributed by atoms with Crippen LogP contribution >= 0.6 is 0 Å². The number of nitro groups is 1. The monoisotopic (exact) mass is 348 g/mol. The number of nitro benzene ring substituents is 1. The Kier molecular flexibility index (Phi) is 5.23. The standard InChI is InChI=1S/C17H20N2O4S/c1-5-18-24(4,22)15-8-6-7-14(11-15)23-17-10-12(2)16(19(20)21)9-13(17)3/h6-11H,5H2,1-4H3. The predicted octanol–water partition coefficient (Wildman–Crippen LogP) is 4.48. The lowest BCUT2D eigenvalue weighted by atomic mass is 10.1. The molecule has 0 aromatic heterocycles. The van der Waals surface area contributed by atoms with Crippen LogP contribution in [0.4, 0.5) is 5.69 Å². The first kappa shape index (κ1) is 17.9. The van der Waals surface area contributed by atoms with E-state index in [1.54, 1.807) is 50.4 Å². The van der Waals surface area contributed by atoms with Crippen LogP contribution in [0.2, 0.25) is 0 Å². The maximum atomic E-state index is 12.5. The van der Waals surface area contributed by atoms with Gasteiger partial charge in [0, 0.05) is 24.4 Å². The lowest BCUT2D eigenvalue weighted by Crippen LogP contribution is -1.99. The van der Waals surface area contributed by atoms with Gasteiger partial charge in [0.05, 0.1) is 19.5 Å². The summed E-state index contributed by atoms with van der Waals surface area (Å²) in [7, 11) is -2.46. The Hall–Kier alpha value is -2.41. The van der Waals surface area contributed by atoms with Crippen molar-refractivity contribution >= 4 is 15.4 Å². The molecule has 0 radical (unpaired) electrons. The number of ether oxygens (including phenoxy) is 1. The van der Waals surface area contributed by atoms with Gasteiger partial charge in [-0.15, -0.1) is 0 Å². The van der Waals surface area contributed by atoms with Crippen LogP contribution < -0.4 is 4.74 Å². The van der Waals surface area contributed by atoms with E-state index < -0.39 is 14.7 Å². The largest absolute Gasteiger partial charge is 0.457 e. The van der Waals surface area contributed by atoms with Crippen molar-refractivity contribution in [2.45, 2.75) is 25.7 Å². The molecular weight excluding hydrogens is 328 g/mol.